The summed E-state index contributed by atoms with van der Waals surface area (Å²) in [6, 6.07) is 3.22. The molecule has 0 aliphatic rings. The third-order valence-corrected chi connectivity index (χ3v) is 3.28. The summed E-state index contributed by atoms with van der Waals surface area (Å²) in [6.07, 6.45) is 1.35. The number of aliphatic carboxylic acids is 1. The van der Waals surface area contributed by atoms with E-state index >= 15 is 0 Å². The van der Waals surface area contributed by atoms with E-state index in [4.69, 9.17) is 16.7 Å². The second-order valence-corrected chi connectivity index (χ2v) is 5.24. The van der Waals surface area contributed by atoms with E-state index in [0.29, 0.717) is 19.4 Å². The van der Waals surface area contributed by atoms with Gasteiger partial charge in [0.15, 0.2) is 0 Å². The molecule has 0 saturated heterocycles. The first-order valence-electron chi connectivity index (χ1n) is 6.60. The number of rotatable bonds is 7. The molecule has 1 unspecified atom stereocenters. The van der Waals surface area contributed by atoms with Gasteiger partial charge in [-0.1, -0.05) is 18.5 Å². The molecule has 21 heavy (non-hydrogen) atoms. The Morgan fingerprint density at radius 1 is 1.38 bits per heavy atom. The number of carboxylic acids is 1. The molecule has 0 aromatic heterocycles. The molecule has 0 aliphatic carbocycles. The Hall–Kier alpha value is -1.82. The van der Waals surface area contributed by atoms with Crippen LogP contribution in [0.25, 0.3) is 0 Å². The van der Waals surface area contributed by atoms with E-state index in [-0.39, 0.29) is 23.0 Å². The summed E-state index contributed by atoms with van der Waals surface area (Å²) in [5, 5.41) is 13.9. The van der Waals surface area contributed by atoms with Crippen LogP contribution >= 0.6 is 11.6 Å². The van der Waals surface area contributed by atoms with Crippen LogP contribution in [0.4, 0.5) is 14.9 Å². The van der Waals surface area contributed by atoms with E-state index in [1.807, 2.05) is 6.92 Å². The molecule has 0 saturated carbocycles. The lowest BCUT2D eigenvalue weighted by molar-refractivity contribution is -0.137. The smallest absolute Gasteiger partial charge is 0.319 e. The number of benzene rings is 1. The van der Waals surface area contributed by atoms with Gasteiger partial charge in [0, 0.05) is 13.0 Å². The van der Waals surface area contributed by atoms with Crippen molar-refractivity contribution in [3.8, 4) is 0 Å². The van der Waals surface area contributed by atoms with E-state index in [1.165, 1.54) is 12.1 Å². The van der Waals surface area contributed by atoms with Crippen LogP contribution in [0.15, 0.2) is 18.2 Å². The van der Waals surface area contributed by atoms with E-state index in [0.717, 1.165) is 6.07 Å². The number of hydrogen-bond acceptors (Lipinski definition) is 2. The monoisotopic (exact) mass is 316 g/mol. The molecule has 1 aromatic rings. The second-order valence-electron chi connectivity index (χ2n) is 4.83. The highest BCUT2D eigenvalue weighted by Crippen LogP contribution is 2.22. The lowest BCUT2D eigenvalue weighted by Gasteiger charge is -2.12. The van der Waals surface area contributed by atoms with Crippen LogP contribution in [0.3, 0.4) is 0 Å². The van der Waals surface area contributed by atoms with Crippen LogP contribution in [0.2, 0.25) is 5.02 Å². The van der Waals surface area contributed by atoms with Crippen LogP contribution in [0.5, 0.6) is 0 Å². The Bertz CT molecular complexity index is 511. The standard InChI is InChI=1S/C14H18ClFN2O3/c1-9(2-5-13(19)20)6-7-17-14(21)18-12-8-10(16)3-4-11(12)15/h3-4,8-9H,2,5-7H2,1H3,(H,19,20)(H2,17,18,21). The van der Waals surface area contributed by atoms with Gasteiger partial charge in [0.05, 0.1) is 10.7 Å². The Labute approximate surface area is 127 Å². The van der Waals surface area contributed by atoms with E-state index in [9.17, 15) is 14.0 Å². The highest BCUT2D eigenvalue weighted by molar-refractivity contribution is 6.33. The maximum Gasteiger partial charge on any atom is 0.319 e. The van der Waals surface area contributed by atoms with Crippen LogP contribution in [0.1, 0.15) is 26.2 Å². The number of carbonyl (C=O) groups is 2. The van der Waals surface area contributed by atoms with E-state index in [1.54, 1.807) is 0 Å². The van der Waals surface area contributed by atoms with Crippen molar-refractivity contribution in [2.24, 2.45) is 5.92 Å². The summed E-state index contributed by atoms with van der Waals surface area (Å²) in [6.45, 7) is 2.32. The number of hydrogen-bond donors (Lipinski definition) is 3. The minimum atomic E-state index is -0.826. The molecule has 7 heteroatoms. The van der Waals surface area contributed by atoms with Gasteiger partial charge in [0.2, 0.25) is 0 Å². The molecule has 0 spiro atoms. The predicted octanol–water partition coefficient (Wildman–Crippen LogP) is 3.49. The molecule has 116 valence electrons. The molecule has 1 atom stereocenters. The Morgan fingerprint density at radius 3 is 2.76 bits per heavy atom. The zero-order chi connectivity index (χ0) is 15.8. The molecule has 0 fully saturated rings. The third-order valence-electron chi connectivity index (χ3n) is 2.95. The summed E-state index contributed by atoms with van der Waals surface area (Å²) in [4.78, 5) is 22.1. The van der Waals surface area contributed by atoms with Gasteiger partial charge in [-0.3, -0.25) is 4.79 Å². The number of anilines is 1. The summed E-state index contributed by atoms with van der Waals surface area (Å²) in [5.41, 5.74) is 0.202. The van der Waals surface area contributed by atoms with Gasteiger partial charge in [-0.2, -0.15) is 0 Å². The number of carboxylic acid groups (broad SMARTS) is 1. The highest BCUT2D eigenvalue weighted by atomic mass is 35.5. The molecule has 0 bridgehead atoms. The first kappa shape index (κ1) is 17.2. The minimum Gasteiger partial charge on any atom is -0.481 e. The highest BCUT2D eigenvalue weighted by Gasteiger charge is 2.08. The molecule has 0 radical (unpaired) electrons. The minimum absolute atomic E-state index is 0.117. The lowest BCUT2D eigenvalue weighted by Crippen LogP contribution is -2.30. The fourth-order valence-electron chi connectivity index (χ4n) is 1.71. The van der Waals surface area contributed by atoms with Crippen LogP contribution < -0.4 is 10.6 Å². The fraction of sp³-hybridized carbons (Fsp3) is 0.429. The fourth-order valence-corrected chi connectivity index (χ4v) is 1.87. The van der Waals surface area contributed by atoms with Gasteiger partial charge >= 0.3 is 12.0 Å². The number of nitrogens with one attached hydrogen (secondary N) is 2. The summed E-state index contributed by atoms with van der Waals surface area (Å²) >= 11 is 5.83. The molecule has 0 heterocycles. The van der Waals surface area contributed by atoms with Gasteiger partial charge in [-0.05, 0) is 37.0 Å². The SMILES string of the molecule is CC(CCNC(=O)Nc1cc(F)ccc1Cl)CCC(=O)O. The molecule has 5 nitrogen and oxygen atoms in total. The van der Waals surface area contributed by atoms with Gasteiger partial charge in [-0.25, -0.2) is 9.18 Å². The van der Waals surface area contributed by atoms with Crippen molar-refractivity contribution in [1.82, 2.24) is 5.32 Å². The van der Waals surface area contributed by atoms with Gasteiger partial charge in [0.25, 0.3) is 0 Å². The van der Waals surface area contributed by atoms with Gasteiger partial charge in [0.1, 0.15) is 5.82 Å². The topological polar surface area (TPSA) is 78.4 Å². The van der Waals surface area contributed by atoms with Crippen molar-refractivity contribution < 1.29 is 19.1 Å². The number of halogens is 2. The zero-order valence-electron chi connectivity index (χ0n) is 11.7. The summed E-state index contributed by atoms with van der Waals surface area (Å²) in [5.74, 6) is -1.12. The zero-order valence-corrected chi connectivity index (χ0v) is 12.4. The second kappa shape index (κ2) is 8.46. The average molecular weight is 317 g/mol. The van der Waals surface area contributed by atoms with Crippen molar-refractivity contribution >= 4 is 29.3 Å². The van der Waals surface area contributed by atoms with Crippen molar-refractivity contribution in [2.75, 3.05) is 11.9 Å². The molecular formula is C14H18ClFN2O3. The average Bonchev–Trinajstić information content (AvgIpc) is 2.40. The van der Waals surface area contributed by atoms with Crippen LogP contribution in [0, 0.1) is 11.7 Å². The van der Waals surface area contributed by atoms with Crippen molar-refractivity contribution in [3.05, 3.63) is 29.0 Å². The number of urea groups is 1. The molecule has 0 aliphatic heterocycles. The van der Waals surface area contributed by atoms with Gasteiger partial charge in [-0.15, -0.1) is 0 Å². The largest absolute Gasteiger partial charge is 0.481 e. The molecular weight excluding hydrogens is 299 g/mol. The summed E-state index contributed by atoms with van der Waals surface area (Å²) in [7, 11) is 0. The molecule has 1 rings (SSSR count). The lowest BCUT2D eigenvalue weighted by atomic mass is 10.0. The number of amides is 2. The maximum absolute atomic E-state index is 13.0. The van der Waals surface area contributed by atoms with Crippen molar-refractivity contribution in [3.63, 3.8) is 0 Å². The van der Waals surface area contributed by atoms with E-state index < -0.39 is 17.8 Å². The molecule has 2 amide bonds. The third kappa shape index (κ3) is 6.94. The normalized spacial score (nSPS) is 11.8. The van der Waals surface area contributed by atoms with E-state index in [2.05, 4.69) is 10.6 Å². The first-order chi connectivity index (χ1) is 9.88. The summed E-state index contributed by atoms with van der Waals surface area (Å²) < 4.78 is 13.0. The van der Waals surface area contributed by atoms with Crippen molar-refractivity contribution in [1.29, 1.82) is 0 Å². The Balaban J connectivity index is 2.31. The van der Waals surface area contributed by atoms with Crippen LogP contribution in [-0.4, -0.2) is 23.7 Å². The van der Waals surface area contributed by atoms with Gasteiger partial charge < -0.3 is 15.7 Å². The van der Waals surface area contributed by atoms with Crippen LogP contribution in [-0.2, 0) is 4.79 Å². The molecule has 3 N–H and O–H groups in total. The number of carbonyl (C=O) groups excluding carboxylic acids is 1. The molecule has 1 aromatic carbocycles. The Kier molecular flexibility index (Phi) is 6.94. The maximum atomic E-state index is 13.0. The Morgan fingerprint density at radius 2 is 2.10 bits per heavy atom. The van der Waals surface area contributed by atoms with Crippen molar-refractivity contribution in [2.45, 2.75) is 26.2 Å². The quantitative estimate of drug-likeness (QED) is 0.720. The first-order valence-corrected chi connectivity index (χ1v) is 6.98. The predicted molar refractivity (Wildman–Crippen MR) is 79.1 cm³/mol.